The van der Waals surface area contributed by atoms with Crippen LogP contribution in [-0.4, -0.2) is 25.6 Å². The number of ether oxygens (including phenoxy) is 1. The van der Waals surface area contributed by atoms with E-state index in [2.05, 4.69) is 0 Å². The Hall–Kier alpha value is -1.76. The highest BCUT2D eigenvalue weighted by Crippen LogP contribution is 2.44. The fraction of sp³-hybridized carbons (Fsp3) is 0.235. The Morgan fingerprint density at radius 3 is 2.48 bits per heavy atom. The van der Waals surface area contributed by atoms with Crippen LogP contribution >= 0.6 is 23.2 Å². The highest BCUT2D eigenvalue weighted by Gasteiger charge is 2.34. The fourth-order valence-electron chi connectivity index (χ4n) is 2.64. The topological polar surface area (TPSA) is 80.7 Å². The first-order valence-corrected chi connectivity index (χ1v) is 9.78. The van der Waals surface area contributed by atoms with Crippen molar-refractivity contribution in [3.05, 3.63) is 57.1 Å². The number of aliphatic carboxylic acids is 1. The molecule has 25 heavy (non-hydrogen) atoms. The van der Waals surface area contributed by atoms with Crippen LogP contribution in [0.3, 0.4) is 0 Å². The van der Waals surface area contributed by atoms with E-state index in [1.54, 1.807) is 12.1 Å². The van der Waals surface area contributed by atoms with Gasteiger partial charge in [0.25, 0.3) is 0 Å². The van der Waals surface area contributed by atoms with Gasteiger partial charge in [-0.2, -0.15) is 0 Å². The van der Waals surface area contributed by atoms with Gasteiger partial charge in [0.15, 0.2) is 15.9 Å². The molecule has 3 rings (SSSR count). The molecule has 0 fully saturated rings. The largest absolute Gasteiger partial charge is 0.478 e. The maximum atomic E-state index is 12.8. The molecule has 1 aliphatic heterocycles. The summed E-state index contributed by atoms with van der Waals surface area (Å²) in [6.45, 7) is 1.91. The maximum absolute atomic E-state index is 12.8. The minimum Gasteiger partial charge on any atom is -0.478 e. The first-order valence-electron chi connectivity index (χ1n) is 7.37. The van der Waals surface area contributed by atoms with Gasteiger partial charge in [0.2, 0.25) is 0 Å². The third kappa shape index (κ3) is 3.47. The van der Waals surface area contributed by atoms with Gasteiger partial charge in [0.1, 0.15) is 10.8 Å². The summed E-state index contributed by atoms with van der Waals surface area (Å²) < 4.78 is 30.8. The number of halogens is 2. The summed E-state index contributed by atoms with van der Waals surface area (Å²) in [6, 6.07) is 8.48. The summed E-state index contributed by atoms with van der Waals surface area (Å²) in [7, 11) is -3.76. The van der Waals surface area contributed by atoms with E-state index in [9.17, 15) is 13.2 Å². The van der Waals surface area contributed by atoms with Crippen LogP contribution in [0.15, 0.2) is 35.2 Å². The number of carboxylic acids is 1. The third-order valence-electron chi connectivity index (χ3n) is 3.96. The van der Waals surface area contributed by atoms with Crippen LogP contribution in [0.25, 0.3) is 0 Å². The quantitative estimate of drug-likeness (QED) is 0.846. The molecule has 132 valence electrons. The maximum Gasteiger partial charge on any atom is 0.345 e. The minimum atomic E-state index is -3.76. The van der Waals surface area contributed by atoms with Crippen molar-refractivity contribution in [3.8, 4) is 5.75 Å². The van der Waals surface area contributed by atoms with E-state index >= 15 is 0 Å². The van der Waals surface area contributed by atoms with E-state index < -0.39 is 21.9 Å². The van der Waals surface area contributed by atoms with Crippen LogP contribution in [0.1, 0.15) is 16.7 Å². The van der Waals surface area contributed by atoms with Crippen molar-refractivity contribution >= 4 is 39.0 Å². The SMILES string of the molecule is Cc1ccc(CS(=O)(=O)c2cc3c(c(Cl)c2Cl)OC(C(=O)O)C3)cc1. The summed E-state index contributed by atoms with van der Waals surface area (Å²) >= 11 is 12.3. The molecule has 2 aromatic rings. The van der Waals surface area contributed by atoms with E-state index in [4.69, 9.17) is 33.0 Å². The van der Waals surface area contributed by atoms with E-state index in [1.165, 1.54) is 6.07 Å². The summed E-state index contributed by atoms with van der Waals surface area (Å²) in [6.07, 6.45) is -1.06. The van der Waals surface area contributed by atoms with Crippen LogP contribution in [0, 0.1) is 6.92 Å². The van der Waals surface area contributed by atoms with Gasteiger partial charge in [-0.3, -0.25) is 0 Å². The second-order valence-corrected chi connectivity index (χ2v) is 8.60. The normalized spacial score (nSPS) is 16.4. The van der Waals surface area contributed by atoms with Crippen LogP contribution in [0.2, 0.25) is 10.0 Å². The van der Waals surface area contributed by atoms with Crippen LogP contribution in [-0.2, 0) is 26.8 Å². The Labute approximate surface area is 155 Å². The zero-order valence-corrected chi connectivity index (χ0v) is 15.5. The first-order chi connectivity index (χ1) is 11.7. The smallest absolute Gasteiger partial charge is 0.345 e. The number of benzene rings is 2. The number of sulfone groups is 1. The number of rotatable bonds is 4. The Kier molecular flexibility index (Phi) is 4.70. The zero-order valence-electron chi connectivity index (χ0n) is 13.1. The molecule has 1 atom stereocenters. The molecule has 1 N–H and O–H groups in total. The molecule has 0 saturated heterocycles. The number of carboxylic acid groups (broad SMARTS) is 1. The van der Waals surface area contributed by atoms with E-state index in [0.29, 0.717) is 11.1 Å². The van der Waals surface area contributed by atoms with E-state index in [-0.39, 0.29) is 32.9 Å². The van der Waals surface area contributed by atoms with Crippen molar-refractivity contribution in [2.75, 3.05) is 0 Å². The van der Waals surface area contributed by atoms with Crippen LogP contribution < -0.4 is 4.74 Å². The second kappa shape index (κ2) is 6.52. The Balaban J connectivity index is 2.00. The van der Waals surface area contributed by atoms with Crippen molar-refractivity contribution < 1.29 is 23.1 Å². The average molecular weight is 401 g/mol. The fourth-order valence-corrected chi connectivity index (χ4v) is 4.94. The first kappa shape index (κ1) is 18.0. The molecule has 0 aliphatic carbocycles. The molecule has 0 aromatic heterocycles. The Morgan fingerprint density at radius 1 is 1.24 bits per heavy atom. The van der Waals surface area contributed by atoms with E-state index in [0.717, 1.165) is 5.56 Å². The summed E-state index contributed by atoms with van der Waals surface area (Å²) in [5, 5.41) is 8.84. The number of carbonyl (C=O) groups is 1. The lowest BCUT2D eigenvalue weighted by molar-refractivity contribution is -0.144. The van der Waals surface area contributed by atoms with Gasteiger partial charge in [0.05, 0.1) is 15.7 Å². The average Bonchev–Trinajstić information content (AvgIpc) is 2.97. The van der Waals surface area contributed by atoms with Crippen molar-refractivity contribution in [2.24, 2.45) is 0 Å². The summed E-state index contributed by atoms with van der Waals surface area (Å²) in [4.78, 5) is 11.0. The number of aryl methyl sites for hydroxylation is 1. The predicted molar refractivity (Wildman–Crippen MR) is 94.3 cm³/mol. The molecule has 1 heterocycles. The van der Waals surface area contributed by atoms with Gasteiger partial charge in [-0.25, -0.2) is 13.2 Å². The minimum absolute atomic E-state index is 0.0363. The van der Waals surface area contributed by atoms with Gasteiger partial charge >= 0.3 is 5.97 Å². The molecule has 8 heteroatoms. The highest BCUT2D eigenvalue weighted by molar-refractivity contribution is 7.90. The highest BCUT2D eigenvalue weighted by atomic mass is 35.5. The second-order valence-electron chi connectivity index (χ2n) is 5.88. The molecule has 0 amide bonds. The molecule has 0 radical (unpaired) electrons. The molecule has 1 unspecified atom stereocenters. The number of fused-ring (bicyclic) bond motifs is 1. The van der Waals surface area contributed by atoms with Crippen LogP contribution in [0.5, 0.6) is 5.75 Å². The van der Waals surface area contributed by atoms with Gasteiger partial charge in [-0.1, -0.05) is 53.0 Å². The zero-order chi connectivity index (χ0) is 18.4. The van der Waals surface area contributed by atoms with Crippen molar-refractivity contribution in [2.45, 2.75) is 30.1 Å². The standard InChI is InChI=1S/C17H14Cl2O5S/c1-9-2-4-10(5-3-9)8-25(22,23)13-7-11-6-12(17(20)21)24-16(11)15(19)14(13)18/h2-5,7,12H,6,8H2,1H3,(H,20,21). The van der Waals surface area contributed by atoms with Crippen molar-refractivity contribution in [1.29, 1.82) is 0 Å². The lowest BCUT2D eigenvalue weighted by Crippen LogP contribution is -2.24. The van der Waals surface area contributed by atoms with Crippen molar-refractivity contribution in [1.82, 2.24) is 0 Å². The molecule has 1 aliphatic rings. The van der Waals surface area contributed by atoms with Crippen LogP contribution in [0.4, 0.5) is 0 Å². The molecule has 0 saturated carbocycles. The van der Waals surface area contributed by atoms with Gasteiger partial charge in [-0.15, -0.1) is 0 Å². The summed E-state index contributed by atoms with van der Waals surface area (Å²) in [5.74, 6) is -1.24. The monoisotopic (exact) mass is 400 g/mol. The Bertz CT molecular complexity index is 952. The van der Waals surface area contributed by atoms with Gasteiger partial charge < -0.3 is 9.84 Å². The lowest BCUT2D eigenvalue weighted by atomic mass is 10.1. The lowest BCUT2D eigenvalue weighted by Gasteiger charge is -2.11. The molecule has 0 bridgehead atoms. The third-order valence-corrected chi connectivity index (χ3v) is 6.63. The summed E-state index contributed by atoms with van der Waals surface area (Å²) in [5.41, 5.74) is 2.07. The molecule has 5 nitrogen and oxygen atoms in total. The molecule has 2 aromatic carbocycles. The number of hydrogen-bond acceptors (Lipinski definition) is 4. The van der Waals surface area contributed by atoms with Gasteiger partial charge in [-0.05, 0) is 18.6 Å². The van der Waals surface area contributed by atoms with Gasteiger partial charge in [0, 0.05) is 12.0 Å². The number of hydrogen-bond donors (Lipinski definition) is 1. The molecular formula is C17H14Cl2O5S. The Morgan fingerprint density at radius 2 is 1.88 bits per heavy atom. The van der Waals surface area contributed by atoms with E-state index in [1.807, 2.05) is 19.1 Å². The van der Waals surface area contributed by atoms with Crippen molar-refractivity contribution in [3.63, 3.8) is 0 Å². The molecular weight excluding hydrogens is 387 g/mol. The molecule has 0 spiro atoms. The predicted octanol–water partition coefficient (Wildman–Crippen LogP) is 3.66.